The van der Waals surface area contributed by atoms with Gasteiger partial charge in [-0.2, -0.15) is 9.97 Å². The summed E-state index contributed by atoms with van der Waals surface area (Å²) in [5, 5.41) is 8.01. The molecular formula is C22H27N5. The smallest absolute Gasteiger partial charge is 0.231 e. The third-order valence-electron chi connectivity index (χ3n) is 6.11. The van der Waals surface area contributed by atoms with Gasteiger partial charge in [-0.25, -0.2) is 0 Å². The molecule has 2 aliphatic carbocycles. The molecule has 5 rings (SSSR count). The molecule has 2 fully saturated rings. The highest BCUT2D eigenvalue weighted by molar-refractivity contribution is 5.88. The van der Waals surface area contributed by atoms with Gasteiger partial charge < -0.3 is 15.6 Å². The van der Waals surface area contributed by atoms with Gasteiger partial charge in [-0.05, 0) is 61.8 Å². The van der Waals surface area contributed by atoms with Crippen molar-refractivity contribution in [3.05, 3.63) is 42.1 Å². The Morgan fingerprint density at radius 2 is 1.67 bits per heavy atom. The van der Waals surface area contributed by atoms with E-state index in [1.807, 2.05) is 12.3 Å². The van der Waals surface area contributed by atoms with Crippen LogP contribution in [0.25, 0.3) is 11.0 Å². The average Bonchev–Trinajstić information content (AvgIpc) is 3.15. The summed E-state index contributed by atoms with van der Waals surface area (Å²) in [6.07, 6.45) is 12.5. The van der Waals surface area contributed by atoms with Gasteiger partial charge in [0, 0.05) is 17.9 Å². The van der Waals surface area contributed by atoms with E-state index in [2.05, 4.69) is 44.9 Å². The summed E-state index contributed by atoms with van der Waals surface area (Å²) in [6.45, 7) is 0. The fourth-order valence-corrected chi connectivity index (χ4v) is 4.26. The van der Waals surface area contributed by atoms with Crippen LogP contribution in [0.15, 0.2) is 36.5 Å². The van der Waals surface area contributed by atoms with Crippen LogP contribution < -0.4 is 10.6 Å². The predicted octanol–water partition coefficient (Wildman–Crippen LogP) is 5.71. The van der Waals surface area contributed by atoms with Crippen LogP contribution in [0.1, 0.15) is 62.8 Å². The lowest BCUT2D eigenvalue weighted by Gasteiger charge is -2.27. The van der Waals surface area contributed by atoms with Crippen LogP contribution in [0.3, 0.4) is 0 Å². The summed E-state index contributed by atoms with van der Waals surface area (Å²) in [6, 6.07) is 11.4. The van der Waals surface area contributed by atoms with Gasteiger partial charge in [0.15, 0.2) is 0 Å². The Kier molecular flexibility index (Phi) is 4.44. The Morgan fingerprint density at radius 3 is 2.41 bits per heavy atom. The highest BCUT2D eigenvalue weighted by Crippen LogP contribution is 2.33. The van der Waals surface area contributed by atoms with Gasteiger partial charge in [0.25, 0.3) is 0 Å². The quantitative estimate of drug-likeness (QED) is 0.544. The minimum absolute atomic E-state index is 0.542. The van der Waals surface area contributed by atoms with E-state index in [1.165, 1.54) is 56.9 Å². The molecule has 0 unspecified atom stereocenters. The van der Waals surface area contributed by atoms with Gasteiger partial charge in [-0.1, -0.05) is 31.4 Å². The normalized spacial score (nSPS) is 18.4. The van der Waals surface area contributed by atoms with Crippen molar-refractivity contribution in [2.75, 3.05) is 10.6 Å². The van der Waals surface area contributed by atoms with E-state index in [1.54, 1.807) is 0 Å². The van der Waals surface area contributed by atoms with Gasteiger partial charge in [-0.15, -0.1) is 0 Å². The van der Waals surface area contributed by atoms with Crippen LogP contribution in [0.4, 0.5) is 17.5 Å². The number of H-pyrrole nitrogens is 1. The maximum absolute atomic E-state index is 4.75. The molecule has 3 N–H and O–H groups in total. The predicted molar refractivity (Wildman–Crippen MR) is 111 cm³/mol. The lowest BCUT2D eigenvalue weighted by atomic mass is 9.84. The van der Waals surface area contributed by atoms with Crippen molar-refractivity contribution in [2.45, 2.75) is 63.3 Å². The Hall–Kier alpha value is -2.56. The average molecular weight is 361 g/mol. The Labute approximate surface area is 160 Å². The molecule has 3 aromatic rings. The highest BCUT2D eigenvalue weighted by atomic mass is 15.2. The second-order valence-electron chi connectivity index (χ2n) is 7.99. The first-order valence-electron chi connectivity index (χ1n) is 10.3. The molecule has 0 aliphatic heterocycles. The van der Waals surface area contributed by atoms with Crippen LogP contribution in [0.2, 0.25) is 0 Å². The molecule has 2 aromatic heterocycles. The van der Waals surface area contributed by atoms with Gasteiger partial charge in [-0.3, -0.25) is 0 Å². The third kappa shape index (κ3) is 3.51. The highest BCUT2D eigenvalue weighted by Gasteiger charge is 2.20. The van der Waals surface area contributed by atoms with Crippen LogP contribution in [0, 0.1) is 0 Å². The van der Waals surface area contributed by atoms with Gasteiger partial charge in [0.05, 0.1) is 5.39 Å². The number of aromatic amines is 1. The minimum atomic E-state index is 0.542. The fourth-order valence-electron chi connectivity index (χ4n) is 4.26. The zero-order valence-corrected chi connectivity index (χ0v) is 15.7. The van der Waals surface area contributed by atoms with E-state index in [0.717, 1.165) is 28.5 Å². The minimum Gasteiger partial charge on any atom is -0.367 e. The molecule has 0 bridgehead atoms. The summed E-state index contributed by atoms with van der Waals surface area (Å²) in [4.78, 5) is 12.6. The summed E-state index contributed by atoms with van der Waals surface area (Å²) >= 11 is 0. The number of nitrogens with one attached hydrogen (secondary N) is 3. The first-order valence-corrected chi connectivity index (χ1v) is 10.3. The molecule has 2 heterocycles. The Bertz CT molecular complexity index is 904. The number of hydrogen-bond acceptors (Lipinski definition) is 4. The van der Waals surface area contributed by atoms with Crippen molar-refractivity contribution in [2.24, 2.45) is 0 Å². The molecule has 0 radical (unpaired) electrons. The molecule has 1 aromatic carbocycles. The van der Waals surface area contributed by atoms with Crippen molar-refractivity contribution in [1.29, 1.82) is 0 Å². The van der Waals surface area contributed by atoms with Crippen molar-refractivity contribution in [3.8, 4) is 0 Å². The van der Waals surface area contributed by atoms with E-state index < -0.39 is 0 Å². The van der Waals surface area contributed by atoms with E-state index in [9.17, 15) is 0 Å². The maximum Gasteiger partial charge on any atom is 0.231 e. The van der Waals surface area contributed by atoms with E-state index in [-0.39, 0.29) is 0 Å². The zero-order valence-electron chi connectivity index (χ0n) is 15.7. The second-order valence-corrected chi connectivity index (χ2v) is 7.99. The molecule has 0 spiro atoms. The standard InChI is InChI=1S/C22H27N5/c1-2-5-15(6-3-1)16-9-11-18(12-10-16)25-22-26-20-19(13-14-23-20)21(27-22)24-17-7-4-8-17/h9-15,17H,1-8H2,(H3,23,24,25,26,27). The molecule has 5 heteroatoms. The molecule has 0 amide bonds. The number of nitrogens with zero attached hydrogens (tertiary/aromatic N) is 2. The summed E-state index contributed by atoms with van der Waals surface area (Å²) in [5.41, 5.74) is 3.37. The maximum atomic E-state index is 4.75. The molecule has 2 saturated carbocycles. The van der Waals surface area contributed by atoms with Crippen LogP contribution >= 0.6 is 0 Å². The molecule has 0 saturated heterocycles. The van der Waals surface area contributed by atoms with Crippen molar-refractivity contribution >= 4 is 28.5 Å². The van der Waals surface area contributed by atoms with Crippen LogP contribution in [0.5, 0.6) is 0 Å². The monoisotopic (exact) mass is 361 g/mol. The first-order chi connectivity index (χ1) is 13.3. The van der Waals surface area contributed by atoms with E-state index in [0.29, 0.717) is 12.0 Å². The Morgan fingerprint density at radius 1 is 0.852 bits per heavy atom. The molecule has 2 aliphatic rings. The van der Waals surface area contributed by atoms with Gasteiger partial charge >= 0.3 is 0 Å². The number of aromatic nitrogens is 3. The molecular weight excluding hydrogens is 334 g/mol. The van der Waals surface area contributed by atoms with Crippen molar-refractivity contribution < 1.29 is 0 Å². The SMILES string of the molecule is c1cc2c(NC3CCC3)nc(Nc3ccc(C4CCCCC4)cc3)nc2[nH]1. The molecule has 140 valence electrons. The van der Waals surface area contributed by atoms with Crippen LogP contribution in [-0.2, 0) is 0 Å². The lowest BCUT2D eigenvalue weighted by molar-refractivity contribution is 0.443. The van der Waals surface area contributed by atoms with Crippen molar-refractivity contribution in [3.63, 3.8) is 0 Å². The number of anilines is 3. The molecule has 0 atom stereocenters. The fraction of sp³-hybridized carbons (Fsp3) is 0.455. The zero-order chi connectivity index (χ0) is 18.1. The summed E-state index contributed by atoms with van der Waals surface area (Å²) in [5.74, 6) is 2.29. The Balaban J connectivity index is 1.35. The third-order valence-corrected chi connectivity index (χ3v) is 6.11. The number of rotatable bonds is 5. The molecule has 27 heavy (non-hydrogen) atoms. The number of hydrogen-bond donors (Lipinski definition) is 3. The van der Waals surface area contributed by atoms with E-state index in [4.69, 9.17) is 4.98 Å². The molecule has 5 nitrogen and oxygen atoms in total. The van der Waals surface area contributed by atoms with Gasteiger partial charge in [0.2, 0.25) is 5.95 Å². The van der Waals surface area contributed by atoms with E-state index >= 15 is 0 Å². The van der Waals surface area contributed by atoms with Gasteiger partial charge in [0.1, 0.15) is 11.5 Å². The topological polar surface area (TPSA) is 65.6 Å². The lowest BCUT2D eigenvalue weighted by Crippen LogP contribution is -2.27. The largest absolute Gasteiger partial charge is 0.367 e. The van der Waals surface area contributed by atoms with Crippen molar-refractivity contribution in [1.82, 2.24) is 15.0 Å². The summed E-state index contributed by atoms with van der Waals surface area (Å²) in [7, 11) is 0. The first kappa shape index (κ1) is 16.6. The number of benzene rings is 1. The second kappa shape index (κ2) is 7.22. The number of fused-ring (bicyclic) bond motifs is 1. The van der Waals surface area contributed by atoms with Crippen LogP contribution in [-0.4, -0.2) is 21.0 Å². The summed E-state index contributed by atoms with van der Waals surface area (Å²) < 4.78 is 0.